The molecule has 0 heterocycles. The third kappa shape index (κ3) is 2.56. The number of primary sulfonamides is 1. The maximum Gasteiger partial charge on any atom is 0.238 e. The van der Waals surface area contributed by atoms with Crippen molar-refractivity contribution in [2.45, 2.75) is 31.1 Å². The first-order valence-electron chi connectivity index (χ1n) is 4.58. The molecular weight excluding hydrogens is 198 g/mol. The standard InChI is InChI=1S/C10H15NO2S/c1-3-8(2)9-4-6-10(7-5-9)14(11,12)13/h4-8H,3H2,1-2H3,(H2,11,12,13)/t8-/m1/s1. The zero-order chi connectivity index (χ0) is 10.8. The van der Waals surface area contributed by atoms with E-state index in [1.807, 2.05) is 12.1 Å². The minimum absolute atomic E-state index is 0.171. The Hall–Kier alpha value is -0.870. The Labute approximate surface area is 85.0 Å². The van der Waals surface area contributed by atoms with Crippen LogP contribution in [0.5, 0.6) is 0 Å². The van der Waals surface area contributed by atoms with Crippen LogP contribution >= 0.6 is 0 Å². The van der Waals surface area contributed by atoms with E-state index in [9.17, 15) is 8.42 Å². The van der Waals surface area contributed by atoms with E-state index in [4.69, 9.17) is 5.14 Å². The van der Waals surface area contributed by atoms with Gasteiger partial charge in [-0.05, 0) is 30.0 Å². The largest absolute Gasteiger partial charge is 0.238 e. The summed E-state index contributed by atoms with van der Waals surface area (Å²) in [7, 11) is -3.55. The van der Waals surface area contributed by atoms with Crippen LogP contribution in [0.15, 0.2) is 29.2 Å². The molecule has 1 rings (SSSR count). The lowest BCUT2D eigenvalue weighted by Gasteiger charge is -2.08. The van der Waals surface area contributed by atoms with Gasteiger partial charge >= 0.3 is 0 Å². The van der Waals surface area contributed by atoms with Gasteiger partial charge in [0, 0.05) is 0 Å². The first-order chi connectivity index (χ1) is 6.45. The van der Waals surface area contributed by atoms with Crippen LogP contribution in [0.1, 0.15) is 31.7 Å². The molecule has 0 aliphatic carbocycles. The summed E-state index contributed by atoms with van der Waals surface area (Å²) in [6.07, 6.45) is 1.04. The van der Waals surface area contributed by atoms with Crippen molar-refractivity contribution < 1.29 is 8.42 Å². The van der Waals surface area contributed by atoms with E-state index in [1.54, 1.807) is 12.1 Å². The van der Waals surface area contributed by atoms with E-state index in [2.05, 4.69) is 13.8 Å². The van der Waals surface area contributed by atoms with Gasteiger partial charge in [0.15, 0.2) is 0 Å². The van der Waals surface area contributed by atoms with E-state index in [0.717, 1.165) is 12.0 Å². The van der Waals surface area contributed by atoms with Crippen molar-refractivity contribution in [3.8, 4) is 0 Å². The predicted molar refractivity (Wildman–Crippen MR) is 56.5 cm³/mol. The number of rotatable bonds is 3. The Morgan fingerprint density at radius 1 is 1.29 bits per heavy atom. The summed E-state index contributed by atoms with van der Waals surface area (Å²) < 4.78 is 21.9. The Kier molecular flexibility index (Phi) is 3.29. The summed E-state index contributed by atoms with van der Waals surface area (Å²) in [5, 5.41) is 4.99. The van der Waals surface area contributed by atoms with Gasteiger partial charge in [0.25, 0.3) is 0 Å². The molecule has 1 aromatic rings. The second-order valence-corrected chi connectivity index (χ2v) is 4.98. The minimum atomic E-state index is -3.55. The van der Waals surface area contributed by atoms with Crippen molar-refractivity contribution in [3.63, 3.8) is 0 Å². The number of sulfonamides is 1. The molecule has 0 aliphatic heterocycles. The van der Waals surface area contributed by atoms with Crippen LogP contribution in [0.4, 0.5) is 0 Å². The monoisotopic (exact) mass is 213 g/mol. The lowest BCUT2D eigenvalue weighted by atomic mass is 9.99. The van der Waals surface area contributed by atoms with E-state index in [1.165, 1.54) is 0 Å². The normalized spacial score (nSPS) is 13.9. The quantitative estimate of drug-likeness (QED) is 0.833. The molecule has 78 valence electrons. The Balaban J connectivity index is 3.01. The molecule has 0 saturated carbocycles. The SMILES string of the molecule is CC[C@@H](C)c1ccc(S(N)(=O)=O)cc1. The van der Waals surface area contributed by atoms with Gasteiger partial charge in [-0.2, -0.15) is 0 Å². The summed E-state index contributed by atoms with van der Waals surface area (Å²) in [5.41, 5.74) is 1.14. The van der Waals surface area contributed by atoms with Crippen LogP contribution < -0.4 is 5.14 Å². The molecule has 0 unspecified atom stereocenters. The number of hydrogen-bond donors (Lipinski definition) is 1. The lowest BCUT2D eigenvalue weighted by Crippen LogP contribution is -2.12. The second-order valence-electron chi connectivity index (χ2n) is 3.42. The van der Waals surface area contributed by atoms with E-state index >= 15 is 0 Å². The van der Waals surface area contributed by atoms with E-state index in [0.29, 0.717) is 5.92 Å². The molecule has 0 aliphatic rings. The maximum atomic E-state index is 11.0. The average Bonchev–Trinajstić information content (AvgIpc) is 2.15. The number of nitrogens with two attached hydrogens (primary N) is 1. The lowest BCUT2D eigenvalue weighted by molar-refractivity contribution is 0.597. The minimum Gasteiger partial charge on any atom is -0.225 e. The van der Waals surface area contributed by atoms with Gasteiger partial charge in [-0.25, -0.2) is 13.6 Å². The first-order valence-corrected chi connectivity index (χ1v) is 6.12. The van der Waals surface area contributed by atoms with Crippen molar-refractivity contribution in [1.29, 1.82) is 0 Å². The smallest absolute Gasteiger partial charge is 0.225 e. The molecule has 3 nitrogen and oxygen atoms in total. The zero-order valence-corrected chi connectivity index (χ0v) is 9.21. The van der Waals surface area contributed by atoms with Crippen molar-refractivity contribution in [2.24, 2.45) is 5.14 Å². The fraction of sp³-hybridized carbons (Fsp3) is 0.400. The van der Waals surface area contributed by atoms with Gasteiger partial charge in [-0.1, -0.05) is 26.0 Å². The van der Waals surface area contributed by atoms with E-state index < -0.39 is 10.0 Å². The molecular formula is C10H15NO2S. The van der Waals surface area contributed by atoms with Crippen LogP contribution in [0.25, 0.3) is 0 Å². The third-order valence-electron chi connectivity index (χ3n) is 2.39. The molecule has 2 N–H and O–H groups in total. The molecule has 0 saturated heterocycles. The fourth-order valence-electron chi connectivity index (χ4n) is 1.22. The second kappa shape index (κ2) is 4.11. The summed E-state index contributed by atoms with van der Waals surface area (Å²) >= 11 is 0. The molecule has 1 aromatic carbocycles. The summed E-state index contributed by atoms with van der Waals surface area (Å²) in [4.78, 5) is 0.171. The van der Waals surface area contributed by atoms with Crippen LogP contribution in [0.3, 0.4) is 0 Å². The summed E-state index contributed by atoms with van der Waals surface area (Å²) in [5.74, 6) is 0.449. The molecule has 0 fully saturated rings. The van der Waals surface area contributed by atoms with Crippen molar-refractivity contribution in [2.75, 3.05) is 0 Å². The van der Waals surface area contributed by atoms with E-state index in [-0.39, 0.29) is 4.90 Å². The van der Waals surface area contributed by atoms with Gasteiger partial charge in [0.05, 0.1) is 4.90 Å². The average molecular weight is 213 g/mol. The fourth-order valence-corrected chi connectivity index (χ4v) is 1.74. The highest BCUT2D eigenvalue weighted by atomic mass is 32.2. The van der Waals surface area contributed by atoms with Crippen molar-refractivity contribution in [3.05, 3.63) is 29.8 Å². The molecule has 0 radical (unpaired) electrons. The Morgan fingerprint density at radius 2 is 1.79 bits per heavy atom. The number of benzene rings is 1. The Morgan fingerprint density at radius 3 is 2.14 bits per heavy atom. The Bertz CT molecular complexity index is 395. The molecule has 0 aromatic heterocycles. The molecule has 0 spiro atoms. The van der Waals surface area contributed by atoms with Crippen LogP contribution in [-0.2, 0) is 10.0 Å². The van der Waals surface area contributed by atoms with Gasteiger partial charge < -0.3 is 0 Å². The van der Waals surface area contributed by atoms with Crippen molar-refractivity contribution >= 4 is 10.0 Å². The first kappa shape index (κ1) is 11.2. The van der Waals surface area contributed by atoms with Gasteiger partial charge in [-0.3, -0.25) is 0 Å². The molecule has 4 heteroatoms. The third-order valence-corrected chi connectivity index (χ3v) is 3.32. The zero-order valence-electron chi connectivity index (χ0n) is 8.40. The molecule has 14 heavy (non-hydrogen) atoms. The van der Waals surface area contributed by atoms with Gasteiger partial charge in [0.2, 0.25) is 10.0 Å². The van der Waals surface area contributed by atoms with Gasteiger partial charge in [0.1, 0.15) is 0 Å². The summed E-state index contributed by atoms with van der Waals surface area (Å²) in [6.45, 7) is 4.20. The molecule has 0 bridgehead atoms. The topological polar surface area (TPSA) is 60.2 Å². The highest BCUT2D eigenvalue weighted by molar-refractivity contribution is 7.89. The predicted octanol–water partition coefficient (Wildman–Crippen LogP) is 1.85. The number of hydrogen-bond acceptors (Lipinski definition) is 2. The molecule has 1 atom stereocenters. The maximum absolute atomic E-state index is 11.0. The van der Waals surface area contributed by atoms with Crippen LogP contribution in [0.2, 0.25) is 0 Å². The highest BCUT2D eigenvalue weighted by Gasteiger charge is 2.08. The molecule has 0 amide bonds. The highest BCUT2D eigenvalue weighted by Crippen LogP contribution is 2.19. The van der Waals surface area contributed by atoms with Crippen LogP contribution in [-0.4, -0.2) is 8.42 Å². The van der Waals surface area contributed by atoms with Gasteiger partial charge in [-0.15, -0.1) is 0 Å². The van der Waals surface area contributed by atoms with Crippen LogP contribution in [0, 0.1) is 0 Å². The summed E-state index contributed by atoms with van der Waals surface area (Å²) in [6, 6.07) is 6.73. The van der Waals surface area contributed by atoms with Crippen molar-refractivity contribution in [1.82, 2.24) is 0 Å².